The molecule has 4 nitrogen and oxygen atoms in total. The summed E-state index contributed by atoms with van der Waals surface area (Å²) in [6.07, 6.45) is 0. The minimum Gasteiger partial charge on any atom is -0.493 e. The van der Waals surface area contributed by atoms with Crippen molar-refractivity contribution < 1.29 is 14.3 Å². The minimum absolute atomic E-state index is 0.124. The van der Waals surface area contributed by atoms with Crippen LogP contribution in [0.2, 0.25) is 5.02 Å². The van der Waals surface area contributed by atoms with Crippen molar-refractivity contribution >= 4 is 38.9 Å². The molecule has 0 atom stereocenters. The van der Waals surface area contributed by atoms with Gasteiger partial charge < -0.3 is 9.47 Å². The van der Waals surface area contributed by atoms with E-state index in [0.29, 0.717) is 22.1 Å². The Hall–Kier alpha value is -2.89. The number of halogens is 1. The quantitative estimate of drug-likeness (QED) is 0.373. The first kappa shape index (κ1) is 18.5. The van der Waals surface area contributed by atoms with Crippen molar-refractivity contribution in [2.75, 3.05) is 13.7 Å². The largest absolute Gasteiger partial charge is 0.493 e. The monoisotopic (exact) mass is 409 g/mol. The molecule has 0 saturated heterocycles. The highest BCUT2D eigenvalue weighted by Gasteiger charge is 2.17. The van der Waals surface area contributed by atoms with E-state index in [1.165, 1.54) is 0 Å². The number of hydrogen-bond donors (Lipinski definition) is 0. The van der Waals surface area contributed by atoms with Crippen LogP contribution in [0.15, 0.2) is 66.7 Å². The highest BCUT2D eigenvalue weighted by atomic mass is 35.5. The molecule has 140 valence electrons. The molecule has 0 fully saturated rings. The van der Waals surface area contributed by atoms with Gasteiger partial charge in [-0.2, -0.15) is 0 Å². The number of ketones is 1. The lowest BCUT2D eigenvalue weighted by Gasteiger charge is -2.13. The molecule has 28 heavy (non-hydrogen) atoms. The second-order valence-electron chi connectivity index (χ2n) is 6.05. The van der Waals surface area contributed by atoms with Crippen molar-refractivity contribution in [2.45, 2.75) is 0 Å². The zero-order valence-corrected chi connectivity index (χ0v) is 16.6. The highest BCUT2D eigenvalue weighted by Crippen LogP contribution is 2.41. The number of aromatic nitrogens is 1. The Bertz CT molecular complexity index is 1110. The average molecular weight is 410 g/mol. The van der Waals surface area contributed by atoms with E-state index in [9.17, 15) is 4.79 Å². The molecule has 3 aromatic carbocycles. The van der Waals surface area contributed by atoms with Gasteiger partial charge in [0.15, 0.2) is 23.9 Å². The number of thiazole rings is 1. The van der Waals surface area contributed by atoms with Gasteiger partial charge in [0.05, 0.1) is 22.3 Å². The van der Waals surface area contributed by atoms with Gasteiger partial charge in [-0.05, 0) is 24.3 Å². The molecular formula is C22H16ClNO3S. The smallest absolute Gasteiger partial charge is 0.200 e. The topological polar surface area (TPSA) is 48.4 Å². The first-order valence-corrected chi connectivity index (χ1v) is 9.79. The summed E-state index contributed by atoms with van der Waals surface area (Å²) in [6.45, 7) is -0.124. The fourth-order valence-electron chi connectivity index (χ4n) is 2.82. The number of hydrogen-bond acceptors (Lipinski definition) is 5. The van der Waals surface area contributed by atoms with Crippen molar-refractivity contribution in [2.24, 2.45) is 0 Å². The van der Waals surface area contributed by atoms with Crippen LogP contribution in [0, 0.1) is 0 Å². The number of para-hydroxylation sites is 1. The Kier molecular flexibility index (Phi) is 5.28. The number of benzene rings is 3. The molecule has 0 unspecified atom stereocenters. The van der Waals surface area contributed by atoms with Crippen LogP contribution >= 0.6 is 22.9 Å². The molecule has 1 heterocycles. The van der Waals surface area contributed by atoms with Crippen molar-refractivity contribution in [3.63, 3.8) is 0 Å². The van der Waals surface area contributed by atoms with Gasteiger partial charge in [0.2, 0.25) is 0 Å². The lowest BCUT2D eigenvalue weighted by molar-refractivity contribution is 0.0919. The molecule has 4 rings (SSSR count). The van der Waals surface area contributed by atoms with E-state index in [1.54, 1.807) is 36.6 Å². The number of carbonyl (C=O) groups is 1. The van der Waals surface area contributed by atoms with Gasteiger partial charge in [-0.15, -0.1) is 11.3 Å². The van der Waals surface area contributed by atoms with E-state index < -0.39 is 0 Å². The van der Waals surface area contributed by atoms with Gasteiger partial charge in [-0.1, -0.05) is 54.1 Å². The molecule has 1 aromatic heterocycles. The van der Waals surface area contributed by atoms with Crippen LogP contribution in [-0.4, -0.2) is 24.5 Å². The molecule has 0 saturated carbocycles. The molecule has 0 amide bonds. The number of nitrogens with zero attached hydrogens (tertiary/aromatic N) is 1. The van der Waals surface area contributed by atoms with E-state index >= 15 is 0 Å². The van der Waals surface area contributed by atoms with Crippen LogP contribution in [-0.2, 0) is 0 Å². The third-order valence-electron chi connectivity index (χ3n) is 4.21. The molecule has 0 spiro atoms. The number of rotatable bonds is 6. The van der Waals surface area contributed by atoms with Gasteiger partial charge in [-0.25, -0.2) is 4.98 Å². The summed E-state index contributed by atoms with van der Waals surface area (Å²) in [5.41, 5.74) is 2.36. The van der Waals surface area contributed by atoms with Crippen LogP contribution in [0.5, 0.6) is 11.5 Å². The van der Waals surface area contributed by atoms with E-state index in [0.717, 1.165) is 20.8 Å². The Morgan fingerprint density at radius 2 is 1.82 bits per heavy atom. The van der Waals surface area contributed by atoms with Crippen molar-refractivity contribution in [3.05, 3.63) is 77.3 Å². The molecule has 0 aliphatic heterocycles. The van der Waals surface area contributed by atoms with Gasteiger partial charge in [0, 0.05) is 11.1 Å². The third-order valence-corrected chi connectivity index (χ3v) is 5.58. The van der Waals surface area contributed by atoms with Crippen LogP contribution in [0.1, 0.15) is 10.4 Å². The maximum atomic E-state index is 12.3. The van der Waals surface area contributed by atoms with Gasteiger partial charge in [0.25, 0.3) is 0 Å². The maximum absolute atomic E-state index is 12.3. The first-order valence-electron chi connectivity index (χ1n) is 8.60. The number of methoxy groups -OCH3 is 1. The second kappa shape index (κ2) is 8.00. The Morgan fingerprint density at radius 3 is 2.57 bits per heavy atom. The third kappa shape index (κ3) is 3.72. The summed E-state index contributed by atoms with van der Waals surface area (Å²) in [5.74, 6) is 0.676. The standard InChI is InChI=1S/C22H16ClNO3S/c1-26-19-12-15(22-24-17-9-5-6-10-20(17)28-22)11-16(23)21(19)27-13-18(25)14-7-3-2-4-8-14/h2-12H,13H2,1H3. The summed E-state index contributed by atoms with van der Waals surface area (Å²) in [4.78, 5) is 17.0. The van der Waals surface area contributed by atoms with E-state index in [2.05, 4.69) is 4.98 Å². The van der Waals surface area contributed by atoms with Crippen LogP contribution in [0.3, 0.4) is 0 Å². The zero-order chi connectivity index (χ0) is 19.5. The van der Waals surface area contributed by atoms with Crippen molar-refractivity contribution in [1.29, 1.82) is 0 Å². The summed E-state index contributed by atoms with van der Waals surface area (Å²) in [6, 6.07) is 20.5. The predicted molar refractivity (Wildman–Crippen MR) is 113 cm³/mol. The van der Waals surface area contributed by atoms with Crippen molar-refractivity contribution in [1.82, 2.24) is 4.98 Å². The fourth-order valence-corrected chi connectivity index (χ4v) is 4.04. The number of fused-ring (bicyclic) bond motifs is 1. The molecule has 4 aromatic rings. The van der Waals surface area contributed by atoms with Crippen LogP contribution < -0.4 is 9.47 Å². The number of ether oxygens (including phenoxy) is 2. The Balaban J connectivity index is 1.61. The average Bonchev–Trinajstić information content (AvgIpc) is 3.17. The zero-order valence-electron chi connectivity index (χ0n) is 15.0. The number of carbonyl (C=O) groups excluding carboxylic acids is 1. The first-order chi connectivity index (χ1) is 13.7. The number of Topliss-reactive ketones (excluding diaryl/α,β-unsaturated/α-hetero) is 1. The fraction of sp³-hybridized carbons (Fsp3) is 0.0909. The molecule has 0 aliphatic rings. The van der Waals surface area contributed by atoms with Gasteiger partial charge in [0.1, 0.15) is 5.01 Å². The lowest BCUT2D eigenvalue weighted by Crippen LogP contribution is -2.12. The Labute approximate surface area is 171 Å². The molecule has 6 heteroatoms. The van der Waals surface area contributed by atoms with E-state index in [4.69, 9.17) is 21.1 Å². The summed E-state index contributed by atoms with van der Waals surface area (Å²) in [7, 11) is 1.54. The van der Waals surface area contributed by atoms with Crippen molar-refractivity contribution in [3.8, 4) is 22.1 Å². The van der Waals surface area contributed by atoms with Crippen LogP contribution in [0.4, 0.5) is 0 Å². The lowest BCUT2D eigenvalue weighted by atomic mass is 10.1. The predicted octanol–water partition coefficient (Wildman–Crippen LogP) is 5.89. The van der Waals surface area contributed by atoms with Gasteiger partial charge in [-0.3, -0.25) is 4.79 Å². The molecule has 0 N–H and O–H groups in total. The second-order valence-corrected chi connectivity index (χ2v) is 7.49. The van der Waals surface area contributed by atoms with Gasteiger partial charge >= 0.3 is 0 Å². The van der Waals surface area contributed by atoms with E-state index in [-0.39, 0.29) is 12.4 Å². The SMILES string of the molecule is COc1cc(-c2nc3ccccc3s2)cc(Cl)c1OCC(=O)c1ccccc1. The molecule has 0 aliphatic carbocycles. The molecular weight excluding hydrogens is 394 g/mol. The maximum Gasteiger partial charge on any atom is 0.200 e. The molecule has 0 radical (unpaired) electrons. The summed E-state index contributed by atoms with van der Waals surface area (Å²) < 4.78 is 12.3. The summed E-state index contributed by atoms with van der Waals surface area (Å²) in [5, 5.41) is 1.21. The Morgan fingerprint density at radius 1 is 1.07 bits per heavy atom. The van der Waals surface area contributed by atoms with Crippen LogP contribution in [0.25, 0.3) is 20.8 Å². The minimum atomic E-state index is -0.131. The summed E-state index contributed by atoms with van der Waals surface area (Å²) >= 11 is 8.03. The highest BCUT2D eigenvalue weighted by molar-refractivity contribution is 7.21. The van der Waals surface area contributed by atoms with E-state index in [1.807, 2.05) is 48.5 Å². The normalized spacial score (nSPS) is 10.8. The molecule has 0 bridgehead atoms.